The summed E-state index contributed by atoms with van der Waals surface area (Å²) in [6.07, 6.45) is 9.94. The van der Waals surface area contributed by atoms with Crippen LogP contribution < -0.4 is 20.1 Å². The van der Waals surface area contributed by atoms with E-state index in [1.807, 2.05) is 241 Å². The normalized spacial score (nSPS) is 9.71. The van der Waals surface area contributed by atoms with Crippen molar-refractivity contribution in [1.29, 1.82) is 0 Å². The molecule has 6 heterocycles. The smallest absolute Gasteiger partial charge is 0.463 e. The second kappa shape index (κ2) is 48.5. The Balaban J connectivity index is 0.000000265. The van der Waals surface area contributed by atoms with Crippen LogP contribution in [0.1, 0.15) is 48.0 Å². The predicted molar refractivity (Wildman–Crippen MR) is 391 cm³/mol. The van der Waals surface area contributed by atoms with Crippen LogP contribution in [0.5, 0.6) is 11.5 Å². The number of aromatic nitrogens is 6. The summed E-state index contributed by atoms with van der Waals surface area (Å²) in [6.45, 7) is 15.0. The maximum absolute atomic E-state index is 11.9. The number of carbonyl (C=O) groups excluding carboxylic acids is 4. The maximum Gasteiger partial charge on any atom is 3.00 e. The molecule has 102 heavy (non-hydrogen) atoms. The van der Waals surface area contributed by atoms with Crippen molar-refractivity contribution in [3.63, 3.8) is 0 Å². The Morgan fingerprint density at radius 1 is 0.392 bits per heavy atom. The first-order valence-corrected chi connectivity index (χ1v) is 32.1. The first-order valence-electron chi connectivity index (χ1n) is 32.1. The minimum atomic E-state index is -0.639. The van der Waals surface area contributed by atoms with E-state index in [0.717, 1.165) is 67.5 Å². The van der Waals surface area contributed by atoms with Gasteiger partial charge in [0.1, 0.15) is 13.2 Å². The van der Waals surface area contributed by atoms with E-state index in [0.29, 0.717) is 23.5 Å². The van der Waals surface area contributed by atoms with Crippen molar-refractivity contribution in [3.8, 4) is 79.0 Å². The molecule has 6 aromatic carbocycles. The van der Waals surface area contributed by atoms with Crippen molar-refractivity contribution < 1.29 is 78.3 Å². The molecule has 0 saturated heterocycles. The van der Waals surface area contributed by atoms with E-state index < -0.39 is 23.6 Å². The Hall–Kier alpha value is -11.3. The summed E-state index contributed by atoms with van der Waals surface area (Å²) in [5.41, 5.74) is 10.7. The average molecular weight is 1710 g/mol. The molecule has 0 aliphatic carbocycles. The van der Waals surface area contributed by atoms with Crippen molar-refractivity contribution in [2.75, 3.05) is 26.3 Å². The molecule has 18 heteroatoms. The van der Waals surface area contributed by atoms with Gasteiger partial charge in [0.15, 0.2) is 0 Å². The number of hydrogen-bond acceptors (Lipinski definition) is 14. The van der Waals surface area contributed by atoms with Gasteiger partial charge in [-0.3, -0.25) is 4.79 Å². The van der Waals surface area contributed by atoms with E-state index >= 15 is 0 Å². The molecular weight excluding hydrogens is 1630 g/mol. The summed E-state index contributed by atoms with van der Waals surface area (Å²) >= 11 is 0. The van der Waals surface area contributed by atoms with Crippen molar-refractivity contribution in [2.24, 2.45) is 5.41 Å². The fraction of sp³-hybridized carbons (Fsp3) is 0.143. The number of esters is 2. The third kappa shape index (κ3) is 31.3. The average Bonchev–Trinajstić information content (AvgIpc) is 0.889. The van der Waals surface area contributed by atoms with Crippen molar-refractivity contribution in [2.45, 2.75) is 48.0 Å². The number of carbonyl (C=O) groups is 4. The van der Waals surface area contributed by atoms with Gasteiger partial charge in [-0.25, -0.2) is 14.4 Å². The first kappa shape index (κ1) is 83.2. The zero-order valence-corrected chi connectivity index (χ0v) is 62.2. The predicted octanol–water partition coefficient (Wildman–Crippen LogP) is 17.6. The standard InChI is InChI=1S/C20H23N2O4.C18H17N2O4.4C11H8N.C2H6.2Ir/c1-4-20(2,3)18(23)25-13-12-22-19(24)26-16-9-7-8-15(14-16)17-10-5-6-11-21-17;1-13(2)17(21)23-11-10-20-18(22)24-15-7-5-6-14(12-15)16-8-3-4-9-19-16;4*1-2-6-10(7-3-1)11-8-4-5-9-12-11;1-2;;/h5-7,9-11,14H,4,12-13H2,1-3H3,(H,22,24);3-5,7-9,12H,1,10-11H2,2H3,(H,20,22);4*1-6,8-9H;1-2H3;;/q6*-1;;2*+3. The van der Waals surface area contributed by atoms with Crippen LogP contribution >= 0.6 is 0 Å². The van der Waals surface area contributed by atoms with Gasteiger partial charge >= 0.3 is 64.3 Å². The van der Waals surface area contributed by atoms with Crippen LogP contribution in [-0.2, 0) is 59.3 Å². The van der Waals surface area contributed by atoms with E-state index in [4.69, 9.17) is 18.9 Å². The topological polar surface area (TPSA) is 207 Å². The van der Waals surface area contributed by atoms with Crippen molar-refractivity contribution in [1.82, 2.24) is 40.5 Å². The third-order valence-electron chi connectivity index (χ3n) is 13.4. The molecule has 0 aliphatic rings. The van der Waals surface area contributed by atoms with Crippen LogP contribution in [-0.4, -0.2) is 80.3 Å². The summed E-state index contributed by atoms with van der Waals surface area (Å²) in [6, 6.07) is 94.4. The molecule has 520 valence electrons. The number of nitrogens with one attached hydrogen (secondary N) is 2. The molecule has 0 atom stereocenters. The van der Waals surface area contributed by atoms with Gasteiger partial charge in [0.2, 0.25) is 0 Å². The van der Waals surface area contributed by atoms with E-state index in [1.165, 1.54) is 0 Å². The van der Waals surface area contributed by atoms with Gasteiger partial charge in [0, 0.05) is 42.8 Å². The molecule has 0 radical (unpaired) electrons. The molecule has 0 saturated carbocycles. The second-order valence-corrected chi connectivity index (χ2v) is 21.2. The van der Waals surface area contributed by atoms with Crippen molar-refractivity contribution >= 4 is 24.1 Å². The van der Waals surface area contributed by atoms with E-state index in [1.54, 1.807) is 80.5 Å². The van der Waals surface area contributed by atoms with Gasteiger partial charge in [-0.1, -0.05) is 100 Å². The minimum Gasteiger partial charge on any atom is -0.463 e. The number of amides is 2. The van der Waals surface area contributed by atoms with Gasteiger partial charge < -0.3 is 59.5 Å². The van der Waals surface area contributed by atoms with Crippen LogP contribution in [0.3, 0.4) is 0 Å². The fourth-order valence-corrected chi connectivity index (χ4v) is 8.00. The molecule has 2 N–H and O–H groups in total. The Morgan fingerprint density at radius 2 is 0.667 bits per heavy atom. The molecule has 0 spiro atoms. The molecule has 2 amide bonds. The van der Waals surface area contributed by atoms with Crippen LogP contribution in [0.15, 0.2) is 292 Å². The fourth-order valence-electron chi connectivity index (χ4n) is 8.00. The SMILES string of the molecule is C=C(C)C(=O)OCCNC(=O)Oc1cc[c-]c(-c2ccccn2)c1.CC.CCC(C)(C)C(=O)OCCNC(=O)Oc1cc[c-]c(-c2ccccn2)c1.[Ir+3].[Ir+3].[c-]1ccccc1-c1ccccn1.[c-]1ccccc1-c1ccccn1.[c-]1ccccc1-c1ccccn1.[c-]1ccccc1-c1ccccn1. The molecule has 16 nitrogen and oxygen atoms in total. The number of pyridine rings is 6. The minimum absolute atomic E-state index is 0. The Bertz CT molecular complexity index is 3820. The van der Waals surface area contributed by atoms with Gasteiger partial charge in [-0.2, -0.15) is 0 Å². The molecule has 12 aromatic rings. The quantitative estimate of drug-likeness (QED) is 0.0377. The molecule has 0 unspecified atom stereocenters. The second-order valence-electron chi connectivity index (χ2n) is 21.2. The summed E-state index contributed by atoms with van der Waals surface area (Å²) in [7, 11) is 0. The Kier molecular flexibility index (Phi) is 39.5. The number of hydrogen-bond donors (Lipinski definition) is 2. The molecule has 6 aromatic heterocycles. The van der Waals surface area contributed by atoms with E-state index in [-0.39, 0.29) is 72.5 Å². The molecule has 0 aliphatic heterocycles. The number of nitrogens with zero attached hydrogens (tertiary/aromatic N) is 6. The number of ether oxygens (including phenoxy) is 4. The Labute approximate surface area is 625 Å². The largest absolute Gasteiger partial charge is 3.00 e. The third-order valence-corrected chi connectivity index (χ3v) is 13.4. The summed E-state index contributed by atoms with van der Waals surface area (Å²) in [4.78, 5) is 71.9. The number of benzene rings is 6. The summed E-state index contributed by atoms with van der Waals surface area (Å²) < 4.78 is 20.4. The molecule has 0 fully saturated rings. The van der Waals surface area contributed by atoms with Crippen LogP contribution in [0.2, 0.25) is 0 Å². The van der Waals surface area contributed by atoms with E-state index in [9.17, 15) is 19.2 Å². The number of rotatable bonds is 17. The molecular formula is C84H78Ir2N8O8. The monoisotopic (exact) mass is 1710 g/mol. The zero-order chi connectivity index (χ0) is 71.3. The van der Waals surface area contributed by atoms with Crippen molar-refractivity contribution in [3.05, 3.63) is 328 Å². The summed E-state index contributed by atoms with van der Waals surface area (Å²) in [5.74, 6) is -0.0330. The molecule has 12 rings (SSSR count). The van der Waals surface area contributed by atoms with Gasteiger partial charge in [-0.15, -0.1) is 203 Å². The van der Waals surface area contributed by atoms with Crippen LogP contribution in [0.4, 0.5) is 9.59 Å². The maximum atomic E-state index is 11.9. The van der Waals surface area contributed by atoms with Crippen LogP contribution in [0, 0.1) is 41.8 Å². The van der Waals surface area contributed by atoms with Gasteiger partial charge in [-0.05, 0) is 97.8 Å². The van der Waals surface area contributed by atoms with Crippen LogP contribution in [0.25, 0.3) is 67.5 Å². The summed E-state index contributed by atoms with van der Waals surface area (Å²) in [5, 5.41) is 5.04. The molecule has 0 bridgehead atoms. The van der Waals surface area contributed by atoms with Gasteiger partial charge in [0.05, 0.1) is 30.0 Å². The van der Waals surface area contributed by atoms with E-state index in [2.05, 4.69) is 83.5 Å². The Morgan fingerprint density at radius 3 is 0.922 bits per heavy atom. The zero-order valence-electron chi connectivity index (χ0n) is 57.4. The first-order chi connectivity index (χ1) is 48.8. The van der Waals surface area contributed by atoms with Gasteiger partial charge in [0.25, 0.3) is 0 Å².